The van der Waals surface area contributed by atoms with E-state index in [9.17, 15) is 9.59 Å². The van der Waals surface area contributed by atoms with Gasteiger partial charge in [-0.3, -0.25) is 4.79 Å². The van der Waals surface area contributed by atoms with E-state index in [1.165, 1.54) is 21.3 Å². The Kier molecular flexibility index (Phi) is 9.73. The minimum absolute atomic E-state index is 0. The van der Waals surface area contributed by atoms with Crippen molar-refractivity contribution in [3.05, 3.63) is 42.5 Å². The smallest absolute Gasteiger partial charge is 0.323 e. The minimum Gasteiger partial charge on any atom is -0.495 e. The number of rotatable bonds is 8. The molecule has 10 heteroatoms. The Morgan fingerprint density at radius 2 is 1.55 bits per heavy atom. The second-order valence-electron chi connectivity index (χ2n) is 5.75. The van der Waals surface area contributed by atoms with E-state index in [1.54, 1.807) is 42.5 Å². The predicted octanol–water partition coefficient (Wildman–Crippen LogP) is 2.68. The Morgan fingerprint density at radius 3 is 2.21 bits per heavy atom. The molecule has 2 aromatic rings. The van der Waals surface area contributed by atoms with Gasteiger partial charge in [0.2, 0.25) is 5.91 Å². The molecule has 0 saturated heterocycles. The van der Waals surface area contributed by atoms with E-state index in [0.717, 1.165) is 0 Å². The van der Waals surface area contributed by atoms with E-state index >= 15 is 0 Å². The van der Waals surface area contributed by atoms with Crippen LogP contribution in [0.25, 0.3) is 0 Å². The number of carbonyl (C=O) groups is 2. The quantitative estimate of drug-likeness (QED) is 0.516. The number of anilines is 3. The largest absolute Gasteiger partial charge is 0.495 e. The van der Waals surface area contributed by atoms with E-state index < -0.39 is 18.0 Å². The first-order valence-electron chi connectivity index (χ1n) is 8.43. The molecule has 0 saturated carbocycles. The van der Waals surface area contributed by atoms with Gasteiger partial charge in [0.1, 0.15) is 17.5 Å². The van der Waals surface area contributed by atoms with Gasteiger partial charge in [0, 0.05) is 12.8 Å². The van der Waals surface area contributed by atoms with Gasteiger partial charge in [0.25, 0.3) is 0 Å². The van der Waals surface area contributed by atoms with Crippen molar-refractivity contribution in [3.63, 3.8) is 0 Å². The Balaban J connectivity index is 0.00000420. The number of nitrogens with two attached hydrogens (primary N) is 1. The van der Waals surface area contributed by atoms with Crippen LogP contribution in [-0.4, -0.2) is 45.9 Å². The van der Waals surface area contributed by atoms with Crippen molar-refractivity contribution < 1.29 is 23.8 Å². The first-order chi connectivity index (χ1) is 13.5. The van der Waals surface area contributed by atoms with E-state index in [-0.39, 0.29) is 19.0 Å². The Morgan fingerprint density at radius 1 is 0.931 bits per heavy atom. The van der Waals surface area contributed by atoms with Crippen LogP contribution >= 0.6 is 12.4 Å². The number of hydrogen-bond acceptors (Lipinski definition) is 6. The second-order valence-corrected chi connectivity index (χ2v) is 5.75. The number of amides is 3. The molecule has 1 atom stereocenters. The van der Waals surface area contributed by atoms with Crippen molar-refractivity contribution in [3.8, 4) is 11.5 Å². The summed E-state index contributed by atoms with van der Waals surface area (Å²) in [7, 11) is 4.45. The highest BCUT2D eigenvalue weighted by Gasteiger charge is 2.15. The summed E-state index contributed by atoms with van der Waals surface area (Å²) < 4.78 is 15.3. The Bertz CT molecular complexity index is 834. The van der Waals surface area contributed by atoms with Gasteiger partial charge in [-0.15, -0.1) is 12.4 Å². The predicted molar refractivity (Wildman–Crippen MR) is 114 cm³/mol. The van der Waals surface area contributed by atoms with Gasteiger partial charge in [-0.2, -0.15) is 0 Å². The third kappa shape index (κ3) is 6.83. The molecule has 158 valence electrons. The molecular formula is C19H25ClN4O5. The van der Waals surface area contributed by atoms with Crippen molar-refractivity contribution in [2.75, 3.05) is 43.9 Å². The molecular weight excluding hydrogens is 400 g/mol. The van der Waals surface area contributed by atoms with Crippen LogP contribution in [-0.2, 0) is 9.53 Å². The maximum Gasteiger partial charge on any atom is 0.323 e. The lowest BCUT2D eigenvalue weighted by Gasteiger charge is -2.15. The standard InChI is InChI=1S/C19H24N4O5.ClH/c1-26-11-13(20)18(24)21-12-8-9-17(28-3)15(10-12)23-19(25)22-14-6-4-5-7-16(14)27-2;/h4-10,13H,11,20H2,1-3H3,(H,21,24)(H2,22,23,25);1H. The maximum atomic E-state index is 12.4. The number of benzene rings is 2. The van der Waals surface area contributed by atoms with Gasteiger partial charge >= 0.3 is 6.03 Å². The highest BCUT2D eigenvalue weighted by atomic mass is 35.5. The summed E-state index contributed by atoms with van der Waals surface area (Å²) in [6.45, 7) is 0.0917. The lowest BCUT2D eigenvalue weighted by Crippen LogP contribution is -2.39. The van der Waals surface area contributed by atoms with Crippen molar-refractivity contribution in [1.29, 1.82) is 0 Å². The molecule has 0 bridgehead atoms. The summed E-state index contributed by atoms with van der Waals surface area (Å²) >= 11 is 0. The molecule has 29 heavy (non-hydrogen) atoms. The van der Waals surface area contributed by atoms with Crippen molar-refractivity contribution in [2.24, 2.45) is 5.73 Å². The lowest BCUT2D eigenvalue weighted by molar-refractivity contribution is -0.118. The molecule has 9 nitrogen and oxygen atoms in total. The zero-order chi connectivity index (χ0) is 20.5. The van der Waals surface area contributed by atoms with Crippen LogP contribution in [0.1, 0.15) is 0 Å². The number of para-hydroxylation sites is 2. The molecule has 0 spiro atoms. The number of nitrogens with one attached hydrogen (secondary N) is 3. The SMILES string of the molecule is COCC(N)C(=O)Nc1ccc(OC)c(NC(=O)Nc2ccccc2OC)c1.Cl. The maximum absolute atomic E-state index is 12.4. The lowest BCUT2D eigenvalue weighted by atomic mass is 10.2. The van der Waals surface area contributed by atoms with Crippen LogP contribution in [0, 0.1) is 0 Å². The van der Waals surface area contributed by atoms with Crippen molar-refractivity contribution in [2.45, 2.75) is 6.04 Å². The third-order valence-electron chi connectivity index (χ3n) is 3.75. The number of urea groups is 1. The molecule has 0 aromatic heterocycles. The first-order valence-corrected chi connectivity index (χ1v) is 8.43. The number of halogens is 1. The summed E-state index contributed by atoms with van der Waals surface area (Å²) in [5.41, 5.74) is 7.04. The normalized spacial score (nSPS) is 10.9. The average molecular weight is 425 g/mol. The highest BCUT2D eigenvalue weighted by molar-refractivity contribution is 6.02. The van der Waals surface area contributed by atoms with Crippen LogP contribution < -0.4 is 31.2 Å². The molecule has 1 unspecified atom stereocenters. The van der Waals surface area contributed by atoms with Gasteiger partial charge in [-0.05, 0) is 30.3 Å². The summed E-state index contributed by atoms with van der Waals surface area (Å²) in [5, 5.41) is 8.06. The van der Waals surface area contributed by atoms with Gasteiger partial charge in [0.15, 0.2) is 0 Å². The monoisotopic (exact) mass is 424 g/mol. The fourth-order valence-corrected chi connectivity index (χ4v) is 2.40. The number of hydrogen-bond donors (Lipinski definition) is 4. The second kappa shape index (κ2) is 11.7. The Labute approximate surface area is 175 Å². The van der Waals surface area contributed by atoms with Crippen LogP contribution in [0.3, 0.4) is 0 Å². The Hall–Kier alpha value is -3.01. The molecule has 0 heterocycles. The van der Waals surface area contributed by atoms with Crippen LogP contribution in [0.5, 0.6) is 11.5 Å². The summed E-state index contributed by atoms with van der Waals surface area (Å²) in [5.74, 6) is 0.545. The fraction of sp³-hybridized carbons (Fsp3) is 0.263. The van der Waals surface area contributed by atoms with Crippen molar-refractivity contribution in [1.82, 2.24) is 0 Å². The zero-order valence-corrected chi connectivity index (χ0v) is 17.2. The van der Waals surface area contributed by atoms with Crippen molar-refractivity contribution >= 4 is 41.4 Å². The van der Waals surface area contributed by atoms with Crippen LogP contribution in [0.4, 0.5) is 21.9 Å². The van der Waals surface area contributed by atoms with E-state index in [2.05, 4.69) is 16.0 Å². The highest BCUT2D eigenvalue weighted by Crippen LogP contribution is 2.29. The minimum atomic E-state index is -0.808. The zero-order valence-electron chi connectivity index (χ0n) is 16.4. The molecule has 0 aliphatic heterocycles. The van der Waals surface area contributed by atoms with E-state index in [4.69, 9.17) is 19.9 Å². The molecule has 5 N–H and O–H groups in total. The molecule has 0 fully saturated rings. The molecule has 3 amide bonds. The number of ether oxygens (including phenoxy) is 3. The average Bonchev–Trinajstić information content (AvgIpc) is 2.68. The molecule has 2 aromatic carbocycles. The van der Waals surface area contributed by atoms with Crippen LogP contribution in [0.15, 0.2) is 42.5 Å². The number of carbonyl (C=O) groups excluding carboxylic acids is 2. The van der Waals surface area contributed by atoms with Gasteiger partial charge in [0.05, 0.1) is 32.2 Å². The summed E-state index contributed by atoms with van der Waals surface area (Å²) in [4.78, 5) is 24.4. The van der Waals surface area contributed by atoms with Gasteiger partial charge in [-0.1, -0.05) is 12.1 Å². The first kappa shape index (κ1) is 24.0. The summed E-state index contributed by atoms with van der Waals surface area (Å²) in [6, 6.07) is 10.5. The number of methoxy groups -OCH3 is 3. The topological polar surface area (TPSA) is 124 Å². The third-order valence-corrected chi connectivity index (χ3v) is 3.75. The van der Waals surface area contributed by atoms with Gasteiger partial charge in [-0.25, -0.2) is 4.79 Å². The molecule has 0 aliphatic carbocycles. The van der Waals surface area contributed by atoms with E-state index in [0.29, 0.717) is 28.6 Å². The van der Waals surface area contributed by atoms with Crippen LogP contribution in [0.2, 0.25) is 0 Å². The molecule has 2 rings (SSSR count). The van der Waals surface area contributed by atoms with Gasteiger partial charge < -0.3 is 35.9 Å². The molecule has 0 aliphatic rings. The summed E-state index contributed by atoms with van der Waals surface area (Å²) in [6.07, 6.45) is 0. The van der Waals surface area contributed by atoms with E-state index in [1.807, 2.05) is 0 Å². The fourth-order valence-electron chi connectivity index (χ4n) is 2.40. The molecule has 0 radical (unpaired) electrons.